The first-order valence-electron chi connectivity index (χ1n) is 12.2. The molecule has 2 atom stereocenters. The molecule has 0 saturated heterocycles. The molecule has 1 aliphatic carbocycles. The summed E-state index contributed by atoms with van der Waals surface area (Å²) in [5.74, 6) is 1.03. The Balaban J connectivity index is 1.20. The van der Waals surface area contributed by atoms with Crippen molar-refractivity contribution in [3.63, 3.8) is 0 Å². The molecule has 0 saturated carbocycles. The van der Waals surface area contributed by atoms with Crippen LogP contribution in [-0.4, -0.2) is 31.9 Å². The Hall–Kier alpha value is -4.13. The van der Waals surface area contributed by atoms with Crippen molar-refractivity contribution in [1.82, 2.24) is 14.8 Å². The number of benzene rings is 3. The van der Waals surface area contributed by atoms with E-state index in [1.165, 1.54) is 11.1 Å². The summed E-state index contributed by atoms with van der Waals surface area (Å²) < 4.78 is 14.0. The zero-order valence-electron chi connectivity index (χ0n) is 20.2. The first kappa shape index (κ1) is 23.6. The molecule has 0 aliphatic heterocycles. The first-order chi connectivity index (χ1) is 17.5. The molecule has 0 bridgehead atoms. The summed E-state index contributed by atoms with van der Waals surface area (Å²) >= 11 is 0. The average molecular weight is 484 g/mol. The largest absolute Gasteiger partial charge is 0.490 e. The second kappa shape index (κ2) is 10.6. The Kier molecular flexibility index (Phi) is 6.98. The van der Waals surface area contributed by atoms with E-state index in [4.69, 9.17) is 9.47 Å². The summed E-state index contributed by atoms with van der Waals surface area (Å²) in [6, 6.07) is 24.1. The molecular weight excluding hydrogens is 454 g/mol. The van der Waals surface area contributed by atoms with E-state index in [2.05, 4.69) is 28.4 Å². The third-order valence-electron chi connectivity index (χ3n) is 6.62. The van der Waals surface area contributed by atoms with Gasteiger partial charge in [-0.2, -0.15) is 0 Å². The quantitative estimate of drug-likeness (QED) is 0.363. The van der Waals surface area contributed by atoms with Crippen molar-refractivity contribution < 1.29 is 19.4 Å². The van der Waals surface area contributed by atoms with Crippen LogP contribution < -0.4 is 9.47 Å². The maximum absolute atomic E-state index is 11.4. The highest BCUT2D eigenvalue weighted by molar-refractivity contribution is 5.68. The average Bonchev–Trinajstić information content (AvgIpc) is 3.32. The number of carbonyl (C=O) groups is 1. The van der Waals surface area contributed by atoms with Gasteiger partial charge in [0.05, 0.1) is 12.3 Å². The number of hydrogen-bond acceptors (Lipinski definition) is 5. The minimum atomic E-state index is -0.881. The van der Waals surface area contributed by atoms with Crippen molar-refractivity contribution >= 4 is 5.97 Å². The fourth-order valence-electron chi connectivity index (χ4n) is 4.76. The van der Waals surface area contributed by atoms with E-state index >= 15 is 0 Å². The van der Waals surface area contributed by atoms with Crippen molar-refractivity contribution in [3.8, 4) is 11.5 Å². The predicted molar refractivity (Wildman–Crippen MR) is 135 cm³/mol. The molecule has 7 heteroatoms. The number of carboxylic acids is 1. The number of aryl methyl sites for hydroxylation is 2. The molecule has 4 aromatic rings. The van der Waals surface area contributed by atoms with E-state index in [-0.39, 0.29) is 18.4 Å². The molecule has 1 N–H and O–H groups in total. The number of aromatic nitrogens is 3. The molecule has 7 nitrogen and oxygen atoms in total. The third-order valence-corrected chi connectivity index (χ3v) is 6.62. The molecule has 0 amide bonds. The highest BCUT2D eigenvalue weighted by Crippen LogP contribution is 2.29. The minimum Gasteiger partial charge on any atom is -0.490 e. The maximum Gasteiger partial charge on any atom is 0.304 e. The van der Waals surface area contributed by atoms with Gasteiger partial charge in [0.25, 0.3) is 0 Å². The molecule has 0 radical (unpaired) electrons. The van der Waals surface area contributed by atoms with Crippen molar-refractivity contribution in [2.45, 2.75) is 44.3 Å². The Morgan fingerprint density at radius 1 is 1.06 bits per heavy atom. The smallest absolute Gasteiger partial charge is 0.304 e. The van der Waals surface area contributed by atoms with Gasteiger partial charge < -0.3 is 19.1 Å². The van der Waals surface area contributed by atoms with Crippen LogP contribution in [0, 0.1) is 0 Å². The van der Waals surface area contributed by atoms with Gasteiger partial charge in [0.15, 0.2) is 0 Å². The number of rotatable bonds is 9. The summed E-state index contributed by atoms with van der Waals surface area (Å²) in [7, 11) is 1.82. The van der Waals surface area contributed by atoms with Crippen LogP contribution in [0.2, 0.25) is 0 Å². The van der Waals surface area contributed by atoms with E-state index in [0.717, 1.165) is 41.9 Å². The molecule has 184 valence electrons. The van der Waals surface area contributed by atoms with Gasteiger partial charge in [0, 0.05) is 13.5 Å². The molecule has 0 fully saturated rings. The highest BCUT2D eigenvalue weighted by atomic mass is 16.5. The van der Waals surface area contributed by atoms with Crippen LogP contribution in [0.25, 0.3) is 0 Å². The highest BCUT2D eigenvalue weighted by Gasteiger charge is 2.23. The van der Waals surface area contributed by atoms with Gasteiger partial charge in [0.2, 0.25) is 0 Å². The monoisotopic (exact) mass is 483 g/mol. The lowest BCUT2D eigenvalue weighted by Crippen LogP contribution is -2.25. The van der Waals surface area contributed by atoms with E-state index in [0.29, 0.717) is 12.4 Å². The fourth-order valence-corrected chi connectivity index (χ4v) is 4.76. The number of nitrogens with zero attached hydrogens (tertiary/aromatic N) is 3. The zero-order chi connectivity index (χ0) is 24.9. The van der Waals surface area contributed by atoms with E-state index < -0.39 is 5.97 Å². The number of ether oxygens (including phenoxy) is 2. The van der Waals surface area contributed by atoms with Gasteiger partial charge in [-0.25, -0.2) is 0 Å². The van der Waals surface area contributed by atoms with Crippen molar-refractivity contribution in [3.05, 3.63) is 107 Å². The standard InChI is InChI=1S/C29H29N3O4/c1-32-19-30-31-29(32)27(17-28(33)34)21-9-12-24(13-10-21)35-18-20-7-8-23-16-26(14-11-22(23)15-20)36-25-5-3-2-4-6-25/h2-10,12-13,15,19,26-27H,11,14,16-18H2,1H3,(H,33,34)/t26?,27-/m0/s1. The summed E-state index contributed by atoms with van der Waals surface area (Å²) in [4.78, 5) is 11.4. The number of aliphatic carboxylic acids is 1. The normalized spacial score (nSPS) is 15.6. The van der Waals surface area contributed by atoms with Gasteiger partial charge in [-0.15, -0.1) is 10.2 Å². The number of fused-ring (bicyclic) bond motifs is 1. The Morgan fingerprint density at radius 2 is 1.86 bits per heavy atom. The summed E-state index contributed by atoms with van der Waals surface area (Å²) in [6.45, 7) is 0.471. The molecule has 3 aromatic carbocycles. The third kappa shape index (κ3) is 5.57. The summed E-state index contributed by atoms with van der Waals surface area (Å²) in [6.07, 6.45) is 4.62. The topological polar surface area (TPSA) is 86.5 Å². The van der Waals surface area contributed by atoms with E-state index in [1.54, 1.807) is 10.9 Å². The SMILES string of the molecule is Cn1cnnc1[C@@H](CC(=O)O)c1ccc(OCc2ccc3c(c2)CCC(Oc2ccccc2)C3)cc1. The molecular formula is C29H29N3O4. The minimum absolute atomic E-state index is 0.0564. The van der Waals surface area contributed by atoms with Crippen LogP contribution in [0.1, 0.15) is 46.8 Å². The lowest BCUT2D eigenvalue weighted by molar-refractivity contribution is -0.137. The molecule has 1 heterocycles. The van der Waals surface area contributed by atoms with Gasteiger partial charge in [-0.1, -0.05) is 48.5 Å². The van der Waals surface area contributed by atoms with E-state index in [9.17, 15) is 9.90 Å². The fraction of sp³-hybridized carbons (Fsp3) is 0.276. The zero-order valence-corrected chi connectivity index (χ0v) is 20.2. The van der Waals surface area contributed by atoms with Crippen LogP contribution in [0.15, 0.2) is 79.1 Å². The van der Waals surface area contributed by atoms with Crippen molar-refractivity contribution in [1.29, 1.82) is 0 Å². The van der Waals surface area contributed by atoms with Gasteiger partial charge in [-0.3, -0.25) is 4.79 Å². The lowest BCUT2D eigenvalue weighted by atomic mass is 9.88. The number of carboxylic acid groups (broad SMARTS) is 1. The predicted octanol–water partition coefficient (Wildman–Crippen LogP) is 4.94. The van der Waals surface area contributed by atoms with Crippen LogP contribution in [0.5, 0.6) is 11.5 Å². The van der Waals surface area contributed by atoms with Gasteiger partial charge >= 0.3 is 5.97 Å². The molecule has 1 unspecified atom stereocenters. The maximum atomic E-state index is 11.4. The van der Waals surface area contributed by atoms with Gasteiger partial charge in [-0.05, 0) is 59.4 Å². The second-order valence-corrected chi connectivity index (χ2v) is 9.21. The molecule has 0 spiro atoms. The Labute approximate surface area is 210 Å². The van der Waals surface area contributed by atoms with Crippen molar-refractivity contribution in [2.24, 2.45) is 7.05 Å². The summed E-state index contributed by atoms with van der Waals surface area (Å²) in [5.41, 5.74) is 4.69. The molecule has 36 heavy (non-hydrogen) atoms. The van der Waals surface area contributed by atoms with Gasteiger partial charge in [0.1, 0.15) is 36.4 Å². The lowest BCUT2D eigenvalue weighted by Gasteiger charge is -2.26. The van der Waals surface area contributed by atoms with Crippen molar-refractivity contribution in [2.75, 3.05) is 0 Å². The first-order valence-corrected chi connectivity index (χ1v) is 12.2. The number of para-hydroxylation sites is 1. The summed E-state index contributed by atoms with van der Waals surface area (Å²) in [5, 5.41) is 17.4. The van der Waals surface area contributed by atoms with Crippen LogP contribution in [-0.2, 0) is 31.3 Å². The van der Waals surface area contributed by atoms with Crippen LogP contribution >= 0.6 is 0 Å². The number of hydrogen-bond donors (Lipinski definition) is 1. The van der Waals surface area contributed by atoms with Crippen LogP contribution in [0.3, 0.4) is 0 Å². The Bertz CT molecular complexity index is 1320. The molecule has 1 aromatic heterocycles. The Morgan fingerprint density at radius 3 is 2.58 bits per heavy atom. The van der Waals surface area contributed by atoms with E-state index in [1.807, 2.05) is 61.6 Å². The molecule has 5 rings (SSSR count). The second-order valence-electron chi connectivity index (χ2n) is 9.21. The van der Waals surface area contributed by atoms with Crippen LogP contribution in [0.4, 0.5) is 0 Å². The molecule has 1 aliphatic rings.